The van der Waals surface area contributed by atoms with Gasteiger partial charge in [0.2, 0.25) is 5.56 Å². The quantitative estimate of drug-likeness (QED) is 0.941. The molecule has 4 heteroatoms. The first kappa shape index (κ1) is 15.0. The second-order valence-corrected chi connectivity index (χ2v) is 5.51. The van der Waals surface area contributed by atoms with Crippen molar-refractivity contribution in [3.05, 3.63) is 63.6 Å². The fraction of sp³-hybridized carbons (Fsp3) is 0.294. The Bertz CT molecular complexity index is 730. The summed E-state index contributed by atoms with van der Waals surface area (Å²) < 4.78 is 1.40. The number of anilines is 1. The molecular weight excluding hydrogens is 264 g/mol. The highest BCUT2D eigenvalue weighted by atomic mass is 16.2. The number of pyridine rings is 1. The number of nitrogens with zero attached hydrogens (tertiary/aromatic N) is 1. The fourth-order valence-corrected chi connectivity index (χ4v) is 2.26. The number of para-hydroxylation sites is 1. The van der Waals surface area contributed by atoms with Gasteiger partial charge in [-0.25, -0.2) is 0 Å². The van der Waals surface area contributed by atoms with Crippen LogP contribution in [0.4, 0.5) is 5.69 Å². The summed E-state index contributed by atoms with van der Waals surface area (Å²) >= 11 is 0. The number of rotatable bonds is 3. The van der Waals surface area contributed by atoms with E-state index >= 15 is 0 Å². The zero-order valence-corrected chi connectivity index (χ0v) is 12.8. The Balaban J connectivity index is 2.35. The molecule has 0 saturated carbocycles. The Labute approximate surface area is 124 Å². The van der Waals surface area contributed by atoms with Crippen molar-refractivity contribution in [2.24, 2.45) is 7.05 Å². The molecule has 0 atom stereocenters. The van der Waals surface area contributed by atoms with Gasteiger partial charge >= 0.3 is 0 Å². The van der Waals surface area contributed by atoms with Crippen LogP contribution in [0.5, 0.6) is 0 Å². The van der Waals surface area contributed by atoms with Crippen molar-refractivity contribution in [2.45, 2.75) is 26.7 Å². The molecule has 1 N–H and O–H groups in total. The number of carbonyl (C=O) groups is 1. The van der Waals surface area contributed by atoms with Gasteiger partial charge in [-0.3, -0.25) is 9.59 Å². The van der Waals surface area contributed by atoms with Crippen LogP contribution in [0.25, 0.3) is 0 Å². The van der Waals surface area contributed by atoms with E-state index < -0.39 is 0 Å². The highest BCUT2D eigenvalue weighted by Crippen LogP contribution is 2.27. The number of aromatic nitrogens is 1. The number of nitrogens with one attached hydrogen (secondary N) is 1. The third-order valence-corrected chi connectivity index (χ3v) is 3.51. The Kier molecular flexibility index (Phi) is 4.26. The molecule has 0 aliphatic heterocycles. The van der Waals surface area contributed by atoms with Crippen LogP contribution in [0.15, 0.2) is 41.3 Å². The highest BCUT2D eigenvalue weighted by molar-refractivity contribution is 6.04. The summed E-state index contributed by atoms with van der Waals surface area (Å²) in [5, 5.41) is 2.97. The van der Waals surface area contributed by atoms with Crippen LogP contribution in [-0.2, 0) is 7.05 Å². The molecule has 0 unspecified atom stereocenters. The summed E-state index contributed by atoms with van der Waals surface area (Å²) in [6, 6.07) is 8.93. The number of carbonyl (C=O) groups excluding carboxylic acids is 1. The zero-order valence-electron chi connectivity index (χ0n) is 12.8. The first-order valence-corrected chi connectivity index (χ1v) is 6.97. The van der Waals surface area contributed by atoms with E-state index in [-0.39, 0.29) is 11.5 Å². The molecule has 110 valence electrons. The normalized spacial score (nSPS) is 10.7. The van der Waals surface area contributed by atoms with Gasteiger partial charge in [0.15, 0.2) is 0 Å². The molecule has 0 spiro atoms. The topological polar surface area (TPSA) is 51.1 Å². The van der Waals surface area contributed by atoms with Crippen LogP contribution in [0, 0.1) is 6.92 Å². The smallest absolute Gasteiger partial charge is 0.257 e. The monoisotopic (exact) mass is 284 g/mol. The number of benzene rings is 1. The van der Waals surface area contributed by atoms with E-state index in [9.17, 15) is 9.59 Å². The first-order chi connectivity index (χ1) is 9.90. The summed E-state index contributed by atoms with van der Waals surface area (Å²) in [6.45, 7) is 6.16. The molecule has 0 aliphatic carbocycles. The Morgan fingerprint density at radius 2 is 1.90 bits per heavy atom. The molecule has 0 radical (unpaired) electrons. The van der Waals surface area contributed by atoms with Gasteiger partial charge in [0.05, 0.1) is 5.56 Å². The maximum atomic E-state index is 12.4. The third-order valence-electron chi connectivity index (χ3n) is 3.51. The standard InChI is InChI=1S/C17H20N2O2/c1-11(2)14-7-5-6-12(3)16(14)18-17(21)13-8-9-15(20)19(4)10-13/h5-11H,1-4H3,(H,18,21). The van der Waals surface area contributed by atoms with E-state index in [1.165, 1.54) is 10.6 Å². The molecule has 0 aliphatic rings. The molecule has 1 amide bonds. The minimum absolute atomic E-state index is 0.134. The second kappa shape index (κ2) is 5.95. The van der Waals surface area contributed by atoms with E-state index in [1.54, 1.807) is 19.3 Å². The molecule has 1 aromatic heterocycles. The van der Waals surface area contributed by atoms with Gasteiger partial charge in [0.25, 0.3) is 5.91 Å². The van der Waals surface area contributed by atoms with Crippen molar-refractivity contribution in [3.8, 4) is 0 Å². The molecule has 4 nitrogen and oxygen atoms in total. The van der Waals surface area contributed by atoms with Gasteiger partial charge in [0.1, 0.15) is 0 Å². The summed E-state index contributed by atoms with van der Waals surface area (Å²) in [5.74, 6) is 0.113. The van der Waals surface area contributed by atoms with E-state index in [0.717, 1.165) is 16.8 Å². The predicted molar refractivity (Wildman–Crippen MR) is 84.9 cm³/mol. The van der Waals surface area contributed by atoms with Gasteiger partial charge in [-0.05, 0) is 30.0 Å². The lowest BCUT2D eigenvalue weighted by atomic mass is 9.98. The SMILES string of the molecule is Cc1cccc(C(C)C)c1NC(=O)c1ccc(=O)n(C)c1. The second-order valence-electron chi connectivity index (χ2n) is 5.51. The average Bonchev–Trinajstić information content (AvgIpc) is 2.43. The summed E-state index contributed by atoms with van der Waals surface area (Å²) in [5.41, 5.74) is 3.32. The zero-order chi connectivity index (χ0) is 15.6. The Hall–Kier alpha value is -2.36. The molecule has 0 bridgehead atoms. The van der Waals surface area contributed by atoms with E-state index in [4.69, 9.17) is 0 Å². The van der Waals surface area contributed by atoms with Gasteiger partial charge in [-0.15, -0.1) is 0 Å². The molecular formula is C17H20N2O2. The van der Waals surface area contributed by atoms with Gasteiger partial charge in [-0.2, -0.15) is 0 Å². The van der Waals surface area contributed by atoms with Crippen LogP contribution in [-0.4, -0.2) is 10.5 Å². The van der Waals surface area contributed by atoms with E-state index in [1.807, 2.05) is 25.1 Å². The van der Waals surface area contributed by atoms with Crippen molar-refractivity contribution in [1.29, 1.82) is 0 Å². The van der Waals surface area contributed by atoms with Crippen molar-refractivity contribution < 1.29 is 4.79 Å². The number of aryl methyl sites for hydroxylation is 2. The van der Waals surface area contributed by atoms with E-state index in [2.05, 4.69) is 19.2 Å². The van der Waals surface area contributed by atoms with Crippen LogP contribution < -0.4 is 10.9 Å². The van der Waals surface area contributed by atoms with Crippen molar-refractivity contribution in [1.82, 2.24) is 4.57 Å². The van der Waals surface area contributed by atoms with Gasteiger partial charge in [0, 0.05) is 25.0 Å². The van der Waals surface area contributed by atoms with Gasteiger partial charge in [-0.1, -0.05) is 32.0 Å². The predicted octanol–water partition coefficient (Wildman–Crippen LogP) is 3.07. The molecule has 1 aromatic carbocycles. The largest absolute Gasteiger partial charge is 0.321 e. The minimum Gasteiger partial charge on any atom is -0.321 e. The maximum absolute atomic E-state index is 12.4. The summed E-state index contributed by atoms with van der Waals surface area (Å²) in [4.78, 5) is 23.8. The van der Waals surface area contributed by atoms with Crippen molar-refractivity contribution in [3.63, 3.8) is 0 Å². The summed E-state index contributed by atoms with van der Waals surface area (Å²) in [6.07, 6.45) is 1.55. The average molecular weight is 284 g/mol. The molecule has 0 saturated heterocycles. The van der Waals surface area contributed by atoms with Crippen LogP contribution >= 0.6 is 0 Å². The molecule has 21 heavy (non-hydrogen) atoms. The van der Waals surface area contributed by atoms with Crippen molar-refractivity contribution in [2.75, 3.05) is 5.32 Å². The Morgan fingerprint density at radius 3 is 2.52 bits per heavy atom. The minimum atomic E-state index is -0.207. The van der Waals surface area contributed by atoms with Crippen LogP contribution in [0.3, 0.4) is 0 Å². The number of hydrogen-bond donors (Lipinski definition) is 1. The third kappa shape index (κ3) is 3.21. The number of amides is 1. The lowest BCUT2D eigenvalue weighted by Gasteiger charge is -2.16. The molecule has 0 fully saturated rings. The fourth-order valence-electron chi connectivity index (χ4n) is 2.26. The molecule has 1 heterocycles. The lowest BCUT2D eigenvalue weighted by Crippen LogP contribution is -2.20. The maximum Gasteiger partial charge on any atom is 0.257 e. The first-order valence-electron chi connectivity index (χ1n) is 6.97. The van der Waals surface area contributed by atoms with E-state index in [0.29, 0.717) is 11.5 Å². The van der Waals surface area contributed by atoms with Crippen molar-refractivity contribution >= 4 is 11.6 Å². The van der Waals surface area contributed by atoms with Crippen LogP contribution in [0.1, 0.15) is 41.3 Å². The van der Waals surface area contributed by atoms with Crippen LogP contribution in [0.2, 0.25) is 0 Å². The Morgan fingerprint density at radius 1 is 1.19 bits per heavy atom. The number of hydrogen-bond acceptors (Lipinski definition) is 2. The summed E-state index contributed by atoms with van der Waals surface area (Å²) in [7, 11) is 1.63. The molecule has 2 aromatic rings. The highest BCUT2D eigenvalue weighted by Gasteiger charge is 2.13. The lowest BCUT2D eigenvalue weighted by molar-refractivity contribution is 0.102. The molecule has 2 rings (SSSR count). The van der Waals surface area contributed by atoms with Gasteiger partial charge < -0.3 is 9.88 Å².